The molecule has 0 unspecified atom stereocenters. The topological polar surface area (TPSA) is 134 Å². The van der Waals surface area contributed by atoms with E-state index >= 15 is 0 Å². The number of carbonyl (C=O) groups excluding carboxylic acids is 2. The fourth-order valence-corrected chi connectivity index (χ4v) is 2.54. The molecular weight excluding hydrogens is 370 g/mol. The number of nitrogens with two attached hydrogens (primary N) is 1. The summed E-state index contributed by atoms with van der Waals surface area (Å²) in [6, 6.07) is 16.5. The lowest BCUT2D eigenvalue weighted by Crippen LogP contribution is -2.24. The van der Waals surface area contributed by atoms with Crippen molar-refractivity contribution in [1.29, 1.82) is 0 Å². The molecule has 3 rings (SSSR count). The summed E-state index contributed by atoms with van der Waals surface area (Å²) in [5.74, 6) is -0.00923. The van der Waals surface area contributed by atoms with Crippen molar-refractivity contribution < 1.29 is 9.59 Å². The van der Waals surface area contributed by atoms with Crippen LogP contribution in [-0.4, -0.2) is 29.0 Å². The summed E-state index contributed by atoms with van der Waals surface area (Å²) in [7, 11) is 1.54. The van der Waals surface area contributed by atoms with Crippen molar-refractivity contribution in [2.45, 2.75) is 6.54 Å². The van der Waals surface area contributed by atoms with Crippen LogP contribution in [0.5, 0.6) is 0 Å². The van der Waals surface area contributed by atoms with Gasteiger partial charge in [-0.1, -0.05) is 36.4 Å². The predicted octanol–water partition coefficient (Wildman–Crippen LogP) is 2.68. The minimum Gasteiger partial charge on any atom is -0.365 e. The van der Waals surface area contributed by atoms with Crippen LogP contribution in [0.3, 0.4) is 0 Å². The van der Waals surface area contributed by atoms with Gasteiger partial charge in [-0.15, -0.1) is 0 Å². The van der Waals surface area contributed by atoms with Gasteiger partial charge < -0.3 is 27.0 Å². The van der Waals surface area contributed by atoms with E-state index in [1.165, 1.54) is 13.2 Å². The highest BCUT2D eigenvalue weighted by Crippen LogP contribution is 2.20. The Hall–Kier alpha value is -4.14. The van der Waals surface area contributed by atoms with Crippen LogP contribution in [0.25, 0.3) is 0 Å². The third-order valence-corrected chi connectivity index (χ3v) is 3.96. The molecule has 0 aliphatic rings. The molecule has 1 aromatic heterocycles. The van der Waals surface area contributed by atoms with Gasteiger partial charge in [-0.3, -0.25) is 4.79 Å². The van der Waals surface area contributed by atoms with Crippen molar-refractivity contribution in [3.05, 3.63) is 71.9 Å². The first-order valence-corrected chi connectivity index (χ1v) is 8.85. The fraction of sp³-hybridized carbons (Fsp3) is 0.100. The Morgan fingerprint density at radius 3 is 2.52 bits per heavy atom. The molecule has 0 aliphatic carbocycles. The number of hydrogen-bond acceptors (Lipinski definition) is 6. The Labute approximate surface area is 167 Å². The summed E-state index contributed by atoms with van der Waals surface area (Å²) in [5, 5.41) is 11.4. The maximum Gasteiger partial charge on any atom is 0.318 e. The molecule has 0 fully saturated rings. The van der Waals surface area contributed by atoms with Gasteiger partial charge >= 0.3 is 6.03 Å². The zero-order chi connectivity index (χ0) is 20.6. The lowest BCUT2D eigenvalue weighted by molar-refractivity contribution is 0.100. The molecule has 148 valence electrons. The van der Waals surface area contributed by atoms with E-state index < -0.39 is 5.91 Å². The van der Waals surface area contributed by atoms with Gasteiger partial charge in [0.25, 0.3) is 5.91 Å². The van der Waals surface area contributed by atoms with Crippen molar-refractivity contribution in [3.63, 3.8) is 0 Å². The van der Waals surface area contributed by atoms with Crippen LogP contribution in [0.2, 0.25) is 0 Å². The zero-order valence-corrected chi connectivity index (χ0v) is 15.8. The molecule has 0 atom stereocenters. The van der Waals surface area contributed by atoms with Crippen molar-refractivity contribution in [3.8, 4) is 0 Å². The van der Waals surface area contributed by atoms with Gasteiger partial charge in [-0.05, 0) is 23.8 Å². The molecule has 0 radical (unpaired) electrons. The molecule has 3 amide bonds. The van der Waals surface area contributed by atoms with Crippen LogP contribution in [0.15, 0.2) is 60.8 Å². The van der Waals surface area contributed by atoms with E-state index in [2.05, 4.69) is 31.2 Å². The quantitative estimate of drug-likeness (QED) is 0.420. The fourth-order valence-electron chi connectivity index (χ4n) is 2.54. The summed E-state index contributed by atoms with van der Waals surface area (Å²) >= 11 is 0. The molecule has 9 nitrogen and oxygen atoms in total. The predicted molar refractivity (Wildman–Crippen MR) is 112 cm³/mol. The molecular formula is C20H21N7O2. The first kappa shape index (κ1) is 19.6. The third kappa shape index (κ3) is 5.42. The molecule has 0 bridgehead atoms. The van der Waals surface area contributed by atoms with Crippen molar-refractivity contribution >= 4 is 35.1 Å². The number of amides is 3. The highest BCUT2D eigenvalue weighted by Gasteiger charge is 2.12. The van der Waals surface area contributed by atoms with Crippen LogP contribution in [0.1, 0.15) is 15.9 Å². The van der Waals surface area contributed by atoms with E-state index in [-0.39, 0.29) is 17.5 Å². The number of hydrogen-bond donors (Lipinski definition) is 5. The Kier molecular flexibility index (Phi) is 6.21. The lowest BCUT2D eigenvalue weighted by Gasteiger charge is -2.12. The summed E-state index contributed by atoms with van der Waals surface area (Å²) in [6.07, 6.45) is 1.37. The van der Waals surface area contributed by atoms with Crippen molar-refractivity contribution in [2.75, 3.05) is 23.0 Å². The number of urea groups is 1. The van der Waals surface area contributed by atoms with Gasteiger partial charge in [0.15, 0.2) is 0 Å². The second kappa shape index (κ2) is 9.18. The molecule has 0 spiro atoms. The molecule has 1 heterocycles. The highest BCUT2D eigenvalue weighted by atomic mass is 16.2. The minimum atomic E-state index is -0.621. The molecule has 29 heavy (non-hydrogen) atoms. The number of benzene rings is 2. The lowest BCUT2D eigenvalue weighted by atomic mass is 10.2. The molecule has 3 aromatic rings. The summed E-state index contributed by atoms with van der Waals surface area (Å²) in [4.78, 5) is 31.7. The molecule has 2 aromatic carbocycles. The molecule has 0 saturated heterocycles. The number of anilines is 4. The van der Waals surface area contributed by atoms with E-state index in [0.29, 0.717) is 23.7 Å². The SMILES string of the molecule is CNC(=O)Nc1cccc(Nc2ncc(C(N)=O)c(NCc3ccccc3)n2)c1. The van der Waals surface area contributed by atoms with Gasteiger partial charge in [0.05, 0.1) is 5.56 Å². The number of aromatic nitrogens is 2. The second-order valence-electron chi connectivity index (χ2n) is 6.07. The third-order valence-electron chi connectivity index (χ3n) is 3.96. The Balaban J connectivity index is 1.78. The van der Waals surface area contributed by atoms with Crippen LogP contribution in [-0.2, 0) is 6.54 Å². The number of carbonyl (C=O) groups is 2. The zero-order valence-electron chi connectivity index (χ0n) is 15.8. The average molecular weight is 391 g/mol. The summed E-state index contributed by atoms with van der Waals surface area (Å²) < 4.78 is 0. The van der Waals surface area contributed by atoms with E-state index in [4.69, 9.17) is 5.73 Å². The Morgan fingerprint density at radius 2 is 1.79 bits per heavy atom. The number of nitrogens with zero attached hydrogens (tertiary/aromatic N) is 2. The molecule has 0 saturated carbocycles. The first-order chi connectivity index (χ1) is 14.0. The van der Waals surface area contributed by atoms with Crippen LogP contribution >= 0.6 is 0 Å². The van der Waals surface area contributed by atoms with Crippen LogP contribution in [0.4, 0.5) is 27.9 Å². The monoisotopic (exact) mass is 391 g/mol. The normalized spacial score (nSPS) is 10.1. The smallest absolute Gasteiger partial charge is 0.318 e. The summed E-state index contributed by atoms with van der Waals surface area (Å²) in [6.45, 7) is 0.475. The second-order valence-corrected chi connectivity index (χ2v) is 6.07. The van der Waals surface area contributed by atoms with E-state index in [1.54, 1.807) is 24.3 Å². The van der Waals surface area contributed by atoms with E-state index in [1.807, 2.05) is 30.3 Å². The largest absolute Gasteiger partial charge is 0.365 e. The van der Waals surface area contributed by atoms with Crippen LogP contribution in [0, 0.1) is 0 Å². The van der Waals surface area contributed by atoms with Gasteiger partial charge in [-0.25, -0.2) is 9.78 Å². The van der Waals surface area contributed by atoms with Gasteiger partial charge in [0, 0.05) is 31.2 Å². The van der Waals surface area contributed by atoms with Gasteiger partial charge in [0.1, 0.15) is 5.82 Å². The average Bonchev–Trinajstić information content (AvgIpc) is 2.73. The van der Waals surface area contributed by atoms with Crippen LogP contribution < -0.4 is 27.0 Å². The standard InChI is InChI=1S/C20H21N7O2/c1-22-20(29)26-15-9-5-8-14(10-15)25-19-24-12-16(17(21)28)18(27-19)23-11-13-6-3-2-4-7-13/h2-10,12H,11H2,1H3,(H2,21,28)(H2,22,26,29)(H2,23,24,25,27). The van der Waals surface area contributed by atoms with Crippen molar-refractivity contribution in [2.24, 2.45) is 5.73 Å². The minimum absolute atomic E-state index is 0.196. The van der Waals surface area contributed by atoms with Gasteiger partial charge in [-0.2, -0.15) is 4.98 Å². The number of primary amides is 1. The highest BCUT2D eigenvalue weighted by molar-refractivity contribution is 5.97. The maximum absolute atomic E-state index is 11.7. The first-order valence-electron chi connectivity index (χ1n) is 8.85. The summed E-state index contributed by atoms with van der Waals surface area (Å²) in [5.41, 5.74) is 7.94. The van der Waals surface area contributed by atoms with E-state index in [9.17, 15) is 9.59 Å². The molecule has 0 aliphatic heterocycles. The van der Waals surface area contributed by atoms with Gasteiger partial charge in [0.2, 0.25) is 5.95 Å². The number of nitrogens with one attached hydrogen (secondary N) is 4. The maximum atomic E-state index is 11.7. The van der Waals surface area contributed by atoms with Crippen molar-refractivity contribution in [1.82, 2.24) is 15.3 Å². The van der Waals surface area contributed by atoms with E-state index in [0.717, 1.165) is 5.56 Å². The molecule has 9 heteroatoms. The molecule has 6 N–H and O–H groups in total. The Morgan fingerprint density at radius 1 is 1.03 bits per heavy atom. The number of rotatable bonds is 7. The Bertz CT molecular complexity index is 1010.